The van der Waals surface area contributed by atoms with Gasteiger partial charge in [-0.25, -0.2) is 0 Å². The van der Waals surface area contributed by atoms with Crippen LogP contribution in [0.1, 0.15) is 12.8 Å². The van der Waals surface area contributed by atoms with E-state index in [1.807, 2.05) is 4.90 Å². The number of hydrogen-bond acceptors (Lipinski definition) is 3. The smallest absolute Gasteiger partial charge is 0.345 e. The fourth-order valence-corrected chi connectivity index (χ4v) is 2.72. The van der Waals surface area contributed by atoms with Gasteiger partial charge in [0, 0.05) is 13.1 Å². The van der Waals surface area contributed by atoms with Crippen LogP contribution in [0.3, 0.4) is 0 Å². The van der Waals surface area contributed by atoms with Crippen molar-refractivity contribution < 1.29 is 18.6 Å². The van der Waals surface area contributed by atoms with Gasteiger partial charge in [0.05, 0.1) is 18.2 Å². The van der Waals surface area contributed by atoms with E-state index in [4.69, 9.17) is 0 Å². The first-order chi connectivity index (χ1) is 7.05. The largest absolute Gasteiger partial charge is 0.394 e. The number of aliphatic hydroxyl groups is 1. The average Bonchev–Trinajstić information content (AvgIpc) is 2.56. The van der Waals surface area contributed by atoms with Gasteiger partial charge in [0.1, 0.15) is 0 Å². The minimum Gasteiger partial charge on any atom is -0.394 e. The summed E-state index contributed by atoms with van der Waals surface area (Å²) >= 11 is 0. The standard InChI is InChI=1S/C10H15F2NO2/c1-7-2-10(6-14)3-8(15-9(11)12)5-13(10)4-7/h8-9,14H,1-6H2/t8-,10?/m1/s1. The summed E-state index contributed by atoms with van der Waals surface area (Å²) in [5.41, 5.74) is 0.663. The Morgan fingerprint density at radius 2 is 2.40 bits per heavy atom. The van der Waals surface area contributed by atoms with E-state index in [1.165, 1.54) is 0 Å². The molecule has 2 aliphatic rings. The van der Waals surface area contributed by atoms with E-state index in [-0.39, 0.29) is 6.61 Å². The molecule has 2 rings (SSSR count). The molecule has 3 nitrogen and oxygen atoms in total. The molecule has 0 amide bonds. The molecule has 0 bridgehead atoms. The van der Waals surface area contributed by atoms with Crippen molar-refractivity contribution in [2.75, 3.05) is 19.7 Å². The lowest BCUT2D eigenvalue weighted by atomic mass is 9.93. The first-order valence-corrected chi connectivity index (χ1v) is 5.02. The average molecular weight is 219 g/mol. The van der Waals surface area contributed by atoms with Crippen LogP contribution in [0, 0.1) is 0 Å². The summed E-state index contributed by atoms with van der Waals surface area (Å²) in [6, 6.07) is 0. The highest BCUT2D eigenvalue weighted by Gasteiger charge is 2.50. The summed E-state index contributed by atoms with van der Waals surface area (Å²) in [5, 5.41) is 9.37. The molecule has 15 heavy (non-hydrogen) atoms. The van der Waals surface area contributed by atoms with Crippen molar-refractivity contribution in [1.29, 1.82) is 0 Å². The molecule has 0 saturated carbocycles. The monoisotopic (exact) mass is 219 g/mol. The molecule has 86 valence electrons. The van der Waals surface area contributed by atoms with E-state index in [2.05, 4.69) is 11.3 Å². The maximum atomic E-state index is 12.0. The molecule has 0 aromatic carbocycles. The molecular formula is C10H15F2NO2. The van der Waals surface area contributed by atoms with Gasteiger partial charge in [-0.3, -0.25) is 4.90 Å². The zero-order valence-electron chi connectivity index (χ0n) is 8.46. The molecule has 1 unspecified atom stereocenters. The van der Waals surface area contributed by atoms with Crippen LogP contribution < -0.4 is 0 Å². The first-order valence-electron chi connectivity index (χ1n) is 5.02. The molecule has 2 fully saturated rings. The fraction of sp³-hybridized carbons (Fsp3) is 0.800. The molecule has 1 N–H and O–H groups in total. The molecule has 2 saturated heterocycles. The van der Waals surface area contributed by atoms with Crippen molar-refractivity contribution in [2.45, 2.75) is 31.1 Å². The molecule has 2 heterocycles. The lowest BCUT2D eigenvalue weighted by Gasteiger charge is -2.28. The van der Waals surface area contributed by atoms with Crippen LogP contribution in [0.4, 0.5) is 8.78 Å². The lowest BCUT2D eigenvalue weighted by molar-refractivity contribution is -0.159. The Balaban J connectivity index is 2.04. The number of alkyl halides is 2. The first kappa shape index (κ1) is 11.0. The van der Waals surface area contributed by atoms with Crippen molar-refractivity contribution in [3.63, 3.8) is 0 Å². The van der Waals surface area contributed by atoms with Crippen molar-refractivity contribution in [3.05, 3.63) is 12.2 Å². The third-order valence-corrected chi connectivity index (χ3v) is 3.29. The van der Waals surface area contributed by atoms with E-state index in [0.29, 0.717) is 25.9 Å². The molecule has 0 aliphatic carbocycles. The van der Waals surface area contributed by atoms with Gasteiger partial charge in [-0.15, -0.1) is 0 Å². The fourth-order valence-electron chi connectivity index (χ4n) is 2.72. The number of aliphatic hydroxyl groups excluding tert-OH is 1. The minimum absolute atomic E-state index is 0.0187. The second-order valence-electron chi connectivity index (χ2n) is 4.41. The number of nitrogens with zero attached hydrogens (tertiary/aromatic N) is 1. The van der Waals surface area contributed by atoms with Gasteiger partial charge in [-0.1, -0.05) is 12.2 Å². The van der Waals surface area contributed by atoms with E-state index < -0.39 is 18.3 Å². The van der Waals surface area contributed by atoms with Crippen LogP contribution in [-0.2, 0) is 4.74 Å². The summed E-state index contributed by atoms with van der Waals surface area (Å²) in [7, 11) is 0. The third-order valence-electron chi connectivity index (χ3n) is 3.29. The van der Waals surface area contributed by atoms with Crippen LogP contribution in [0.25, 0.3) is 0 Å². The van der Waals surface area contributed by atoms with E-state index in [0.717, 1.165) is 5.57 Å². The van der Waals surface area contributed by atoms with Crippen molar-refractivity contribution in [2.24, 2.45) is 0 Å². The predicted molar refractivity (Wildman–Crippen MR) is 50.6 cm³/mol. The maximum Gasteiger partial charge on any atom is 0.345 e. The predicted octanol–water partition coefficient (Wildman–Crippen LogP) is 0.991. The van der Waals surface area contributed by atoms with Crippen molar-refractivity contribution >= 4 is 0 Å². The Morgan fingerprint density at radius 3 is 2.93 bits per heavy atom. The SMILES string of the molecule is C=C1CN2C[C@H](OC(F)F)CC2(CO)C1. The molecule has 0 aromatic rings. The highest BCUT2D eigenvalue weighted by molar-refractivity contribution is 5.19. The molecule has 0 radical (unpaired) electrons. The number of ether oxygens (including phenoxy) is 1. The topological polar surface area (TPSA) is 32.7 Å². The quantitative estimate of drug-likeness (QED) is 0.718. The molecule has 0 aromatic heterocycles. The van der Waals surface area contributed by atoms with Crippen LogP contribution >= 0.6 is 0 Å². The zero-order chi connectivity index (χ0) is 11.1. The molecule has 5 heteroatoms. The lowest BCUT2D eigenvalue weighted by Crippen LogP contribution is -2.41. The Bertz CT molecular complexity index is 272. The summed E-state index contributed by atoms with van der Waals surface area (Å²) in [6.07, 6.45) is 0.685. The van der Waals surface area contributed by atoms with Gasteiger partial charge < -0.3 is 9.84 Å². The maximum absolute atomic E-state index is 12.0. The summed E-state index contributed by atoms with van der Waals surface area (Å²) < 4.78 is 28.6. The number of rotatable bonds is 3. The summed E-state index contributed by atoms with van der Waals surface area (Å²) in [6.45, 7) is 2.27. The van der Waals surface area contributed by atoms with Gasteiger partial charge in [0.25, 0.3) is 0 Å². The van der Waals surface area contributed by atoms with Gasteiger partial charge in [-0.05, 0) is 12.8 Å². The highest BCUT2D eigenvalue weighted by atomic mass is 19.3. The molecule has 2 aliphatic heterocycles. The van der Waals surface area contributed by atoms with Crippen molar-refractivity contribution in [1.82, 2.24) is 4.90 Å². The van der Waals surface area contributed by atoms with Gasteiger partial charge in [-0.2, -0.15) is 8.78 Å². The number of hydrogen-bond donors (Lipinski definition) is 1. The third kappa shape index (κ3) is 1.91. The van der Waals surface area contributed by atoms with Gasteiger partial charge in [0.15, 0.2) is 0 Å². The zero-order valence-corrected chi connectivity index (χ0v) is 8.46. The highest BCUT2D eigenvalue weighted by Crippen LogP contribution is 2.41. The number of halogens is 2. The second-order valence-corrected chi connectivity index (χ2v) is 4.41. The van der Waals surface area contributed by atoms with Crippen molar-refractivity contribution in [3.8, 4) is 0 Å². The normalized spacial score (nSPS) is 36.5. The molecule has 2 atom stereocenters. The second kappa shape index (κ2) is 3.81. The number of fused-ring (bicyclic) bond motifs is 1. The van der Waals surface area contributed by atoms with Gasteiger partial charge in [0.2, 0.25) is 0 Å². The van der Waals surface area contributed by atoms with Crippen LogP contribution in [-0.4, -0.2) is 48.0 Å². The Labute approximate surface area is 87.3 Å². The summed E-state index contributed by atoms with van der Waals surface area (Å²) in [5.74, 6) is 0. The Hall–Kier alpha value is -0.520. The van der Waals surface area contributed by atoms with Crippen LogP contribution in [0.5, 0.6) is 0 Å². The molecule has 0 spiro atoms. The Kier molecular flexibility index (Phi) is 2.79. The van der Waals surface area contributed by atoms with E-state index in [9.17, 15) is 13.9 Å². The van der Waals surface area contributed by atoms with E-state index in [1.54, 1.807) is 0 Å². The van der Waals surface area contributed by atoms with Crippen LogP contribution in [0.15, 0.2) is 12.2 Å². The van der Waals surface area contributed by atoms with E-state index >= 15 is 0 Å². The van der Waals surface area contributed by atoms with Crippen LogP contribution in [0.2, 0.25) is 0 Å². The Morgan fingerprint density at radius 1 is 1.67 bits per heavy atom. The van der Waals surface area contributed by atoms with Gasteiger partial charge >= 0.3 is 6.61 Å². The minimum atomic E-state index is -2.73. The summed E-state index contributed by atoms with van der Waals surface area (Å²) in [4.78, 5) is 2.00. The molecular weight excluding hydrogens is 204 g/mol.